The van der Waals surface area contributed by atoms with Gasteiger partial charge in [-0.2, -0.15) is 4.31 Å². The molecule has 3 unspecified atom stereocenters. The number of benzene rings is 3. The largest absolute Gasteiger partial charge is 0.388 e. The van der Waals surface area contributed by atoms with Crippen molar-refractivity contribution in [3.8, 4) is 0 Å². The molecule has 4 N–H and O–H groups in total. The highest BCUT2D eigenvalue weighted by atomic mass is 35.5. The maximum atomic E-state index is 14.1. The van der Waals surface area contributed by atoms with Crippen molar-refractivity contribution in [3.63, 3.8) is 0 Å². The van der Waals surface area contributed by atoms with Gasteiger partial charge in [-0.05, 0) is 72.1 Å². The topological polar surface area (TPSA) is 142 Å². The van der Waals surface area contributed by atoms with Gasteiger partial charge in [-0.25, -0.2) is 18.4 Å². The highest BCUT2D eigenvalue weighted by Crippen LogP contribution is 2.40. The second-order valence-electron chi connectivity index (χ2n) is 12.3. The summed E-state index contributed by atoms with van der Waals surface area (Å²) in [6.07, 6.45) is 3.54. The first-order chi connectivity index (χ1) is 22.6. The molecule has 10 nitrogen and oxygen atoms in total. The lowest BCUT2D eigenvalue weighted by molar-refractivity contribution is -0.123. The van der Waals surface area contributed by atoms with Crippen LogP contribution in [0.25, 0.3) is 10.8 Å². The molecule has 3 heterocycles. The number of fused-ring (bicyclic) bond motifs is 1. The lowest BCUT2D eigenvalue weighted by Gasteiger charge is -2.49. The van der Waals surface area contributed by atoms with Crippen LogP contribution in [0.4, 0.5) is 5.95 Å². The van der Waals surface area contributed by atoms with E-state index in [-0.39, 0.29) is 25.6 Å². The minimum atomic E-state index is -3.96. The van der Waals surface area contributed by atoms with Crippen LogP contribution in [0.5, 0.6) is 0 Å². The third-order valence-electron chi connectivity index (χ3n) is 9.27. The lowest BCUT2D eigenvalue weighted by atomic mass is 9.81. The Labute approximate surface area is 280 Å². The van der Waals surface area contributed by atoms with Gasteiger partial charge in [0.15, 0.2) is 0 Å². The number of nitrogens with one attached hydrogen (secondary N) is 1. The zero-order chi connectivity index (χ0) is 33.2. The molecule has 6 rings (SSSR count). The Hall–Kier alpha value is -3.71. The van der Waals surface area contributed by atoms with Crippen molar-refractivity contribution in [1.82, 2.24) is 24.5 Å². The van der Waals surface area contributed by atoms with Crippen molar-refractivity contribution < 1.29 is 18.3 Å². The molecule has 1 aromatic heterocycles. The number of aromatic nitrogens is 2. The summed E-state index contributed by atoms with van der Waals surface area (Å²) >= 11 is 6.15. The summed E-state index contributed by atoms with van der Waals surface area (Å²) in [5, 5.41) is 16.8. The van der Waals surface area contributed by atoms with Gasteiger partial charge in [-0.3, -0.25) is 4.90 Å². The molecule has 3 aromatic carbocycles. The number of sulfonamides is 1. The average molecular weight is 675 g/mol. The Bertz CT molecular complexity index is 1870. The number of carbonyl (C=O) groups is 1. The number of rotatable bonds is 10. The number of aliphatic hydroxyl groups is 1. The Morgan fingerprint density at radius 2 is 1.77 bits per heavy atom. The van der Waals surface area contributed by atoms with Crippen LogP contribution in [-0.4, -0.2) is 83.4 Å². The lowest BCUT2D eigenvalue weighted by Crippen LogP contribution is -2.61. The number of nitrogens with two attached hydrogens (primary N) is 1. The van der Waals surface area contributed by atoms with Crippen LogP contribution in [0.1, 0.15) is 46.6 Å². The van der Waals surface area contributed by atoms with Gasteiger partial charge in [0.1, 0.15) is 11.5 Å². The van der Waals surface area contributed by atoms with E-state index < -0.39 is 33.0 Å². The molecule has 47 heavy (non-hydrogen) atoms. The van der Waals surface area contributed by atoms with E-state index in [0.29, 0.717) is 54.3 Å². The third-order valence-corrected chi connectivity index (χ3v) is 11.7. The highest BCUT2D eigenvalue weighted by molar-refractivity contribution is 7.89. The van der Waals surface area contributed by atoms with E-state index in [1.807, 2.05) is 65.6 Å². The number of halogens is 1. The molecular formula is C35H39ClN6O4S. The second-order valence-corrected chi connectivity index (χ2v) is 14.8. The van der Waals surface area contributed by atoms with E-state index in [4.69, 9.17) is 17.3 Å². The quantitative estimate of drug-likeness (QED) is 0.168. The molecule has 0 saturated carbocycles. The van der Waals surface area contributed by atoms with Gasteiger partial charge in [0.25, 0.3) is 0 Å². The van der Waals surface area contributed by atoms with Crippen molar-refractivity contribution >= 4 is 44.6 Å². The van der Waals surface area contributed by atoms with Crippen molar-refractivity contribution in [2.45, 2.75) is 42.2 Å². The van der Waals surface area contributed by atoms with E-state index in [0.717, 1.165) is 22.6 Å². The first-order valence-electron chi connectivity index (χ1n) is 15.7. The Kier molecular flexibility index (Phi) is 9.75. The number of piperazine rings is 1. The Morgan fingerprint density at radius 1 is 1.04 bits per heavy atom. The zero-order valence-corrected chi connectivity index (χ0v) is 27.6. The van der Waals surface area contributed by atoms with E-state index in [1.54, 1.807) is 12.1 Å². The number of hydrogen-bond donors (Lipinski definition) is 3. The van der Waals surface area contributed by atoms with E-state index >= 15 is 0 Å². The fourth-order valence-corrected chi connectivity index (χ4v) is 8.87. The molecule has 12 heteroatoms. The van der Waals surface area contributed by atoms with Crippen LogP contribution < -0.4 is 11.1 Å². The highest BCUT2D eigenvalue weighted by Gasteiger charge is 2.48. The molecule has 3 atom stereocenters. The summed E-state index contributed by atoms with van der Waals surface area (Å²) in [7, 11) is -3.96. The Balaban J connectivity index is 1.31. The van der Waals surface area contributed by atoms with Gasteiger partial charge >= 0.3 is 0 Å². The van der Waals surface area contributed by atoms with E-state index in [1.165, 1.54) is 10.4 Å². The second kappa shape index (κ2) is 13.8. The molecule has 2 aliphatic rings. The normalized spacial score (nSPS) is 20.4. The predicted molar refractivity (Wildman–Crippen MR) is 184 cm³/mol. The molecule has 0 radical (unpaired) electrons. The number of nitrogen functional groups attached to an aromatic ring is 1. The third kappa shape index (κ3) is 6.96. The number of aldehydes is 1. The molecule has 4 aromatic rings. The van der Waals surface area contributed by atoms with Crippen LogP contribution in [0.15, 0.2) is 85.5 Å². The van der Waals surface area contributed by atoms with Crippen LogP contribution in [0.3, 0.4) is 0 Å². The summed E-state index contributed by atoms with van der Waals surface area (Å²) < 4.78 is 29.7. The van der Waals surface area contributed by atoms with Gasteiger partial charge in [-0.1, -0.05) is 66.2 Å². The summed E-state index contributed by atoms with van der Waals surface area (Å²) in [5.41, 5.74) is 7.82. The van der Waals surface area contributed by atoms with Crippen LogP contribution in [0.2, 0.25) is 5.02 Å². The molecule has 0 aliphatic carbocycles. The molecule has 0 amide bonds. The van der Waals surface area contributed by atoms with Crippen LogP contribution in [0, 0.1) is 0 Å². The summed E-state index contributed by atoms with van der Waals surface area (Å²) in [6, 6.07) is 21.0. The molecule has 0 bridgehead atoms. The maximum Gasteiger partial charge on any atom is 0.224 e. The minimum absolute atomic E-state index is 0.0753. The van der Waals surface area contributed by atoms with Crippen molar-refractivity contribution in [1.29, 1.82) is 0 Å². The van der Waals surface area contributed by atoms with Crippen molar-refractivity contribution in [2.75, 3.05) is 38.5 Å². The first-order valence-corrected chi connectivity index (χ1v) is 17.6. The van der Waals surface area contributed by atoms with Gasteiger partial charge in [-0.15, -0.1) is 6.58 Å². The van der Waals surface area contributed by atoms with Crippen LogP contribution >= 0.6 is 11.6 Å². The van der Waals surface area contributed by atoms with Gasteiger partial charge in [0.05, 0.1) is 29.1 Å². The number of nitrogens with zero attached hydrogens (tertiary/aromatic N) is 4. The number of piperidine rings is 1. The van der Waals surface area contributed by atoms with Crippen molar-refractivity contribution in [2.24, 2.45) is 0 Å². The van der Waals surface area contributed by atoms with Gasteiger partial charge in [0.2, 0.25) is 16.0 Å². The summed E-state index contributed by atoms with van der Waals surface area (Å²) in [6.45, 7) is 5.26. The zero-order valence-electron chi connectivity index (χ0n) is 26.0. The van der Waals surface area contributed by atoms with E-state index in [2.05, 4.69) is 21.9 Å². The fraction of sp³-hybridized carbons (Fsp3) is 0.343. The minimum Gasteiger partial charge on any atom is -0.388 e. The molecular weight excluding hydrogens is 636 g/mol. The monoisotopic (exact) mass is 674 g/mol. The summed E-state index contributed by atoms with van der Waals surface area (Å²) in [5.74, 6) is 0.0753. The number of carbonyl (C=O) groups excluding carboxylic acids is 1. The molecule has 2 aliphatic heterocycles. The molecule has 246 valence electrons. The fourth-order valence-electron chi connectivity index (χ4n) is 6.94. The van der Waals surface area contributed by atoms with E-state index in [9.17, 15) is 18.3 Å². The average Bonchev–Trinajstić information content (AvgIpc) is 3.05. The smallest absolute Gasteiger partial charge is 0.224 e. The summed E-state index contributed by atoms with van der Waals surface area (Å²) in [4.78, 5) is 23.7. The molecule has 0 spiro atoms. The van der Waals surface area contributed by atoms with Crippen molar-refractivity contribution in [3.05, 3.63) is 113 Å². The molecule has 2 fully saturated rings. The number of anilines is 1. The van der Waals surface area contributed by atoms with Gasteiger partial charge < -0.3 is 21.0 Å². The number of hydrogen-bond acceptors (Lipinski definition) is 9. The molecule has 2 saturated heterocycles. The SMILES string of the molecule is C=CC(c1ccc2cc(Cl)ccc2c1)S(=O)(=O)N1CCN(C(c2cc(Cc3ccccc3)nc(N)n2)C2(O)CCNCC2)C(C=O)C1. The predicted octanol–water partition coefficient (Wildman–Crippen LogP) is 4.05. The standard InChI is InChI=1S/C35H39ClN6O4S/c1-2-32(27-9-8-26-20-28(36)11-10-25(26)19-27)47(45,46)41-16-17-42(30(22-41)23-43)33(35(44)12-14-38-15-13-35)31-21-29(39-34(37)40-31)18-24-6-4-3-5-7-24/h2-11,19-21,23,30,32-33,38,44H,1,12-18,22H2,(H2,37,39,40). The first kappa shape index (κ1) is 33.2. The Morgan fingerprint density at radius 3 is 2.49 bits per heavy atom. The van der Waals surface area contributed by atoms with Crippen LogP contribution in [-0.2, 0) is 21.2 Å². The maximum absolute atomic E-state index is 14.1. The van der Waals surface area contributed by atoms with Gasteiger partial charge in [0, 0.05) is 31.1 Å².